The Labute approximate surface area is 183 Å². The maximum atomic E-state index is 12.8. The van der Waals surface area contributed by atoms with E-state index in [1.54, 1.807) is 0 Å². The fraction of sp³-hybridized carbons (Fsp3) is 0.647. The van der Waals surface area contributed by atoms with Gasteiger partial charge in [-0.25, -0.2) is 4.57 Å². The quantitative estimate of drug-likeness (QED) is 0.223. The van der Waals surface area contributed by atoms with Crippen LogP contribution in [0.2, 0.25) is 0 Å². The second kappa shape index (κ2) is 11.3. The van der Waals surface area contributed by atoms with Crippen LogP contribution in [0.25, 0.3) is 0 Å². The summed E-state index contributed by atoms with van der Waals surface area (Å²) < 4.78 is 48.2. The summed E-state index contributed by atoms with van der Waals surface area (Å²) in [6, 6.07) is 2.41. The fourth-order valence-electron chi connectivity index (χ4n) is 2.90. The molecule has 0 saturated carbocycles. The Morgan fingerprint density at radius 2 is 1.66 bits per heavy atom. The molecule has 3 N–H and O–H groups in total. The lowest BCUT2D eigenvalue weighted by molar-refractivity contribution is -0.385. The minimum absolute atomic E-state index is 0.000433. The van der Waals surface area contributed by atoms with Crippen LogP contribution in [0.15, 0.2) is 12.1 Å². The summed E-state index contributed by atoms with van der Waals surface area (Å²) in [5.74, 6) is 0.299. The molecule has 1 aromatic rings. The van der Waals surface area contributed by atoms with Crippen LogP contribution in [-0.2, 0) is 34.2 Å². The van der Waals surface area contributed by atoms with Crippen molar-refractivity contribution in [3.05, 3.63) is 27.8 Å². The zero-order valence-electron chi connectivity index (χ0n) is 17.8. The van der Waals surface area contributed by atoms with Gasteiger partial charge in [-0.3, -0.25) is 23.7 Å². The maximum absolute atomic E-state index is 12.8. The molecule has 3 unspecified atom stereocenters. The van der Waals surface area contributed by atoms with Gasteiger partial charge < -0.3 is 34.3 Å². The van der Waals surface area contributed by atoms with Gasteiger partial charge in [0, 0.05) is 14.2 Å². The molecule has 1 aromatic carbocycles. The maximum Gasteiger partial charge on any atom is 0.474 e. The molecular weight excluding hydrogens is 457 g/mol. The third-order valence-corrected chi connectivity index (χ3v) is 6.04. The van der Waals surface area contributed by atoms with Crippen LogP contribution in [0.4, 0.5) is 5.69 Å². The Morgan fingerprint density at radius 3 is 2.19 bits per heavy atom. The molecule has 0 aliphatic carbocycles. The molecule has 15 heteroatoms. The van der Waals surface area contributed by atoms with Crippen molar-refractivity contribution in [2.45, 2.75) is 37.3 Å². The van der Waals surface area contributed by atoms with Gasteiger partial charge in [0.15, 0.2) is 17.8 Å². The normalized spacial score (nSPS) is 27.5. The summed E-state index contributed by atoms with van der Waals surface area (Å²) in [6.07, 6.45) is -7.23. The molecule has 2 rings (SSSR count). The molecule has 182 valence electrons. The van der Waals surface area contributed by atoms with Crippen LogP contribution < -0.4 is 9.47 Å². The molecule has 0 amide bonds. The molecule has 32 heavy (non-hydrogen) atoms. The van der Waals surface area contributed by atoms with Crippen molar-refractivity contribution in [3.63, 3.8) is 0 Å². The second-order valence-electron chi connectivity index (χ2n) is 6.54. The van der Waals surface area contributed by atoms with Gasteiger partial charge >= 0.3 is 7.82 Å². The molecule has 0 radical (unpaired) electrons. The van der Waals surface area contributed by atoms with Gasteiger partial charge in [-0.2, -0.15) is 0 Å². The molecule has 0 aromatic heterocycles. The predicted octanol–water partition coefficient (Wildman–Crippen LogP) is 0.354. The number of aliphatic hydroxyl groups is 3. The Bertz CT molecular complexity index is 835. The standard InChI is InChI=1S/C17H26NO13P/c1-25-11-5-9(10(18(22)23)6-12(11)26-2)7-29-32(24,28-4)30-8-13-14(19)15(20)16(21)17(27-3)31-13/h5-6,13-17,19-21H,7-8H2,1-4H3/t13?,14-,15?,16+,17+,32?/m1/s1. The highest BCUT2D eigenvalue weighted by molar-refractivity contribution is 7.48. The van der Waals surface area contributed by atoms with Gasteiger partial charge in [0.05, 0.1) is 44.0 Å². The van der Waals surface area contributed by atoms with Gasteiger partial charge in [0.1, 0.15) is 24.4 Å². The number of nitrogens with zero attached hydrogens (tertiary/aromatic N) is 1. The minimum Gasteiger partial charge on any atom is -0.493 e. The van der Waals surface area contributed by atoms with E-state index >= 15 is 0 Å². The van der Waals surface area contributed by atoms with Crippen LogP contribution >= 0.6 is 7.82 Å². The highest BCUT2D eigenvalue weighted by atomic mass is 31.2. The first-order chi connectivity index (χ1) is 15.1. The van der Waals surface area contributed by atoms with E-state index in [1.165, 1.54) is 27.4 Å². The van der Waals surface area contributed by atoms with Crippen LogP contribution in [0.5, 0.6) is 11.5 Å². The number of phosphoric acid groups is 1. The lowest BCUT2D eigenvalue weighted by Gasteiger charge is -2.39. The highest BCUT2D eigenvalue weighted by Gasteiger charge is 2.45. The number of hydrogen-bond acceptors (Lipinski definition) is 13. The van der Waals surface area contributed by atoms with Gasteiger partial charge in [-0.05, 0) is 6.07 Å². The van der Waals surface area contributed by atoms with Crippen molar-refractivity contribution in [1.82, 2.24) is 0 Å². The summed E-state index contributed by atoms with van der Waals surface area (Å²) in [6.45, 7) is -1.14. The number of phosphoric ester groups is 1. The molecular formula is C17H26NO13P. The number of nitro benzene ring substituents is 1. The molecule has 0 spiro atoms. The van der Waals surface area contributed by atoms with Crippen LogP contribution in [0.1, 0.15) is 5.56 Å². The third-order valence-electron chi connectivity index (χ3n) is 4.68. The third kappa shape index (κ3) is 5.92. The summed E-state index contributed by atoms with van der Waals surface area (Å²) in [5, 5.41) is 41.1. The topological polar surface area (TPSA) is 186 Å². The first kappa shape index (κ1) is 26.4. The summed E-state index contributed by atoms with van der Waals surface area (Å²) in [4.78, 5) is 10.7. The van der Waals surface area contributed by atoms with Crippen molar-refractivity contribution >= 4 is 13.5 Å². The van der Waals surface area contributed by atoms with Crippen molar-refractivity contribution in [1.29, 1.82) is 0 Å². The van der Waals surface area contributed by atoms with E-state index in [0.29, 0.717) is 0 Å². The Balaban J connectivity index is 2.12. The molecule has 6 atom stereocenters. The van der Waals surface area contributed by atoms with Gasteiger partial charge in [-0.1, -0.05) is 0 Å². The largest absolute Gasteiger partial charge is 0.493 e. The smallest absolute Gasteiger partial charge is 0.474 e. The van der Waals surface area contributed by atoms with E-state index in [-0.39, 0.29) is 22.7 Å². The van der Waals surface area contributed by atoms with Crippen molar-refractivity contribution in [2.75, 3.05) is 35.0 Å². The van der Waals surface area contributed by atoms with Crippen LogP contribution in [0.3, 0.4) is 0 Å². The molecule has 14 nitrogen and oxygen atoms in total. The fourth-order valence-corrected chi connectivity index (χ4v) is 3.81. The van der Waals surface area contributed by atoms with E-state index < -0.39 is 56.7 Å². The number of nitro groups is 1. The zero-order valence-corrected chi connectivity index (χ0v) is 18.7. The monoisotopic (exact) mass is 483 g/mol. The first-order valence-corrected chi connectivity index (χ1v) is 10.6. The Hall–Kier alpha value is -1.87. The van der Waals surface area contributed by atoms with Crippen LogP contribution in [-0.4, -0.2) is 86.0 Å². The van der Waals surface area contributed by atoms with Gasteiger partial charge in [0.2, 0.25) is 0 Å². The van der Waals surface area contributed by atoms with Gasteiger partial charge in [0.25, 0.3) is 5.69 Å². The molecule has 1 heterocycles. The number of benzene rings is 1. The van der Waals surface area contributed by atoms with Crippen molar-refractivity contribution in [3.8, 4) is 11.5 Å². The van der Waals surface area contributed by atoms with Gasteiger partial charge in [-0.15, -0.1) is 0 Å². The predicted molar refractivity (Wildman–Crippen MR) is 105 cm³/mol. The second-order valence-corrected chi connectivity index (χ2v) is 8.32. The summed E-state index contributed by atoms with van der Waals surface area (Å²) >= 11 is 0. The molecule has 1 fully saturated rings. The Kier molecular flexibility index (Phi) is 9.33. The summed E-state index contributed by atoms with van der Waals surface area (Å²) in [5.41, 5.74) is -0.378. The number of aliphatic hydroxyl groups excluding tert-OH is 3. The molecule has 1 aliphatic rings. The lowest BCUT2D eigenvalue weighted by atomic mass is 9.99. The molecule has 1 saturated heterocycles. The van der Waals surface area contributed by atoms with E-state index in [4.69, 9.17) is 32.5 Å². The number of hydrogen-bond donors (Lipinski definition) is 3. The molecule has 0 bridgehead atoms. The average molecular weight is 483 g/mol. The number of ether oxygens (including phenoxy) is 4. The zero-order chi connectivity index (χ0) is 24.1. The van der Waals surface area contributed by atoms with E-state index in [0.717, 1.165) is 13.2 Å². The summed E-state index contributed by atoms with van der Waals surface area (Å²) in [7, 11) is 0.614. The van der Waals surface area contributed by atoms with Crippen molar-refractivity contribution in [2.24, 2.45) is 0 Å². The van der Waals surface area contributed by atoms with Crippen molar-refractivity contribution < 1.29 is 57.3 Å². The molecule has 1 aliphatic heterocycles. The van der Waals surface area contributed by atoms with Crippen LogP contribution in [0, 0.1) is 10.1 Å². The number of methoxy groups -OCH3 is 3. The Morgan fingerprint density at radius 1 is 1.03 bits per heavy atom. The minimum atomic E-state index is -4.29. The van der Waals surface area contributed by atoms with E-state index in [9.17, 15) is 30.0 Å². The van der Waals surface area contributed by atoms with E-state index in [2.05, 4.69) is 0 Å². The van der Waals surface area contributed by atoms with E-state index in [1.807, 2.05) is 0 Å². The first-order valence-electron chi connectivity index (χ1n) is 9.17. The SMILES string of the molecule is COc1cc(COP(=O)(OC)OCC2O[C@H](OC)[C@@H](O)C(O)[C@@H]2O)c([N+](=O)[O-])cc1OC. The number of rotatable bonds is 11. The highest BCUT2D eigenvalue weighted by Crippen LogP contribution is 2.50. The average Bonchev–Trinajstić information content (AvgIpc) is 2.80. The lowest BCUT2D eigenvalue weighted by Crippen LogP contribution is -2.59.